The largest absolute Gasteiger partial charge is 0.422 e. The number of hydrogen-bond donors (Lipinski definition) is 3. The molecule has 2 aromatic carbocycles. The van der Waals surface area contributed by atoms with Crippen molar-refractivity contribution >= 4 is 38.3 Å². The maximum Gasteiger partial charge on any atom is 0.345 e. The lowest BCUT2D eigenvalue weighted by molar-refractivity contribution is 0.0936. The molecule has 29 heavy (non-hydrogen) atoms. The maximum atomic E-state index is 12.8. The average molecular weight is 405 g/mol. The highest BCUT2D eigenvalue weighted by molar-refractivity contribution is 7.21. The number of amides is 1. The standard InChI is InChI=1S/C22H19N3O3S/c1-12-7-8-17-14(9-12)20-15(22(27)28-17)10-18(29-20)21(26)23-19-11-16(24-25-19)13-5-3-2-4-6-13/h2-10,16,19,24-25H,11H2,1H3,(H,23,26). The van der Waals surface area contributed by atoms with Crippen molar-refractivity contribution in [1.82, 2.24) is 16.2 Å². The van der Waals surface area contributed by atoms with Crippen LogP contribution in [-0.4, -0.2) is 12.1 Å². The number of carbonyl (C=O) groups excluding carboxylic acids is 1. The molecule has 7 heteroatoms. The molecule has 2 atom stereocenters. The molecule has 0 aliphatic carbocycles. The van der Waals surface area contributed by atoms with Crippen LogP contribution in [0.4, 0.5) is 0 Å². The van der Waals surface area contributed by atoms with Gasteiger partial charge < -0.3 is 9.73 Å². The molecule has 0 bridgehead atoms. The van der Waals surface area contributed by atoms with Crippen LogP contribution in [0.3, 0.4) is 0 Å². The second-order valence-corrected chi connectivity index (χ2v) is 8.31. The first-order chi connectivity index (χ1) is 14.1. The molecule has 1 fully saturated rings. The Morgan fingerprint density at radius 2 is 1.93 bits per heavy atom. The summed E-state index contributed by atoms with van der Waals surface area (Å²) in [7, 11) is 0. The number of rotatable bonds is 3. The summed E-state index contributed by atoms with van der Waals surface area (Å²) >= 11 is 1.32. The van der Waals surface area contributed by atoms with E-state index in [1.165, 1.54) is 11.3 Å². The number of aryl methyl sites for hydroxylation is 1. The lowest BCUT2D eigenvalue weighted by atomic mass is 10.0. The molecule has 6 nitrogen and oxygen atoms in total. The van der Waals surface area contributed by atoms with E-state index in [2.05, 4.69) is 28.3 Å². The number of benzene rings is 2. The van der Waals surface area contributed by atoms with Crippen molar-refractivity contribution in [3.8, 4) is 0 Å². The van der Waals surface area contributed by atoms with Crippen molar-refractivity contribution in [2.24, 2.45) is 0 Å². The summed E-state index contributed by atoms with van der Waals surface area (Å²) in [6.45, 7) is 1.99. The molecule has 0 saturated carbocycles. The fourth-order valence-corrected chi connectivity index (χ4v) is 4.77. The fraction of sp³-hybridized carbons (Fsp3) is 0.182. The van der Waals surface area contributed by atoms with Crippen molar-refractivity contribution < 1.29 is 9.21 Å². The number of hydrogen-bond acceptors (Lipinski definition) is 6. The molecule has 2 aromatic heterocycles. The van der Waals surface area contributed by atoms with Gasteiger partial charge in [0.1, 0.15) is 5.58 Å². The summed E-state index contributed by atoms with van der Waals surface area (Å²) in [4.78, 5) is 25.7. The molecule has 0 radical (unpaired) electrons. The van der Waals surface area contributed by atoms with Gasteiger partial charge in [-0.1, -0.05) is 42.0 Å². The van der Waals surface area contributed by atoms with E-state index >= 15 is 0 Å². The molecule has 5 rings (SSSR count). The smallest absolute Gasteiger partial charge is 0.345 e. The lowest BCUT2D eigenvalue weighted by Gasteiger charge is -2.11. The number of carbonyl (C=O) groups is 1. The average Bonchev–Trinajstić information content (AvgIpc) is 3.37. The molecular formula is C22H19N3O3S. The predicted octanol–water partition coefficient (Wildman–Crippen LogP) is 3.61. The minimum atomic E-state index is -0.420. The Morgan fingerprint density at radius 1 is 1.10 bits per heavy atom. The fourth-order valence-electron chi connectivity index (χ4n) is 3.70. The monoisotopic (exact) mass is 405 g/mol. The first-order valence-electron chi connectivity index (χ1n) is 9.42. The first-order valence-corrected chi connectivity index (χ1v) is 10.2. The van der Waals surface area contributed by atoms with Gasteiger partial charge in [0.2, 0.25) is 0 Å². The minimum Gasteiger partial charge on any atom is -0.422 e. The molecule has 4 aromatic rings. The third-order valence-electron chi connectivity index (χ3n) is 5.17. The van der Waals surface area contributed by atoms with E-state index in [4.69, 9.17) is 4.42 Å². The van der Waals surface area contributed by atoms with Crippen LogP contribution in [0.1, 0.15) is 33.3 Å². The van der Waals surface area contributed by atoms with E-state index in [0.29, 0.717) is 15.8 Å². The van der Waals surface area contributed by atoms with Crippen LogP contribution >= 0.6 is 11.3 Å². The normalized spacial score (nSPS) is 19.1. The summed E-state index contributed by atoms with van der Waals surface area (Å²) in [6, 6.07) is 17.5. The van der Waals surface area contributed by atoms with Gasteiger partial charge in [0.15, 0.2) is 0 Å². The molecular weight excluding hydrogens is 386 g/mol. The molecule has 146 valence electrons. The molecule has 1 aliphatic rings. The number of fused-ring (bicyclic) bond motifs is 3. The van der Waals surface area contributed by atoms with Gasteiger partial charge in [0.25, 0.3) is 5.91 Å². The summed E-state index contributed by atoms with van der Waals surface area (Å²) in [6.07, 6.45) is 0.526. The highest BCUT2D eigenvalue weighted by Gasteiger charge is 2.27. The third kappa shape index (κ3) is 3.33. The van der Waals surface area contributed by atoms with Crippen LogP contribution in [0, 0.1) is 6.92 Å². The molecule has 1 aliphatic heterocycles. The van der Waals surface area contributed by atoms with Gasteiger partial charge >= 0.3 is 5.63 Å². The van der Waals surface area contributed by atoms with Crippen LogP contribution in [0.15, 0.2) is 63.8 Å². The Morgan fingerprint density at radius 3 is 2.76 bits per heavy atom. The van der Waals surface area contributed by atoms with Gasteiger partial charge in [-0.25, -0.2) is 15.6 Å². The van der Waals surface area contributed by atoms with Crippen molar-refractivity contribution in [1.29, 1.82) is 0 Å². The SMILES string of the molecule is Cc1ccc2oc(=O)c3cc(C(=O)NC4CC(c5ccccc5)NN4)sc3c2c1. The van der Waals surface area contributed by atoms with E-state index in [1.807, 2.05) is 37.3 Å². The van der Waals surface area contributed by atoms with Gasteiger partial charge in [0.05, 0.1) is 21.1 Å². The van der Waals surface area contributed by atoms with E-state index in [1.54, 1.807) is 12.1 Å². The van der Waals surface area contributed by atoms with Crippen molar-refractivity contribution in [3.05, 3.63) is 81.0 Å². The predicted molar refractivity (Wildman–Crippen MR) is 114 cm³/mol. The highest BCUT2D eigenvalue weighted by atomic mass is 32.1. The topological polar surface area (TPSA) is 83.4 Å². The van der Waals surface area contributed by atoms with Crippen LogP contribution < -0.4 is 21.8 Å². The van der Waals surface area contributed by atoms with Crippen molar-refractivity contribution in [2.75, 3.05) is 0 Å². The van der Waals surface area contributed by atoms with E-state index < -0.39 is 5.63 Å². The number of nitrogens with one attached hydrogen (secondary N) is 3. The van der Waals surface area contributed by atoms with Gasteiger partial charge in [-0.05, 0) is 30.7 Å². The summed E-state index contributed by atoms with van der Waals surface area (Å²) in [5.41, 5.74) is 8.70. The quantitative estimate of drug-likeness (QED) is 0.454. The Bertz CT molecular complexity index is 1280. The van der Waals surface area contributed by atoms with Gasteiger partial charge in [0, 0.05) is 17.8 Å². The number of thiophene rings is 1. The maximum absolute atomic E-state index is 12.8. The zero-order valence-corrected chi connectivity index (χ0v) is 16.5. The molecule has 0 spiro atoms. The second kappa shape index (κ2) is 7.11. The van der Waals surface area contributed by atoms with E-state index in [0.717, 1.165) is 27.6 Å². The molecule has 3 heterocycles. The summed E-state index contributed by atoms with van der Waals surface area (Å²) < 4.78 is 6.20. The minimum absolute atomic E-state index is 0.128. The zero-order valence-electron chi connectivity index (χ0n) is 15.7. The van der Waals surface area contributed by atoms with Crippen LogP contribution in [0.25, 0.3) is 21.1 Å². The Kier molecular flexibility index (Phi) is 4.43. The second-order valence-electron chi connectivity index (χ2n) is 7.26. The lowest BCUT2D eigenvalue weighted by Crippen LogP contribution is -2.43. The Labute approximate surface area is 170 Å². The van der Waals surface area contributed by atoms with Crippen molar-refractivity contribution in [3.63, 3.8) is 0 Å². The van der Waals surface area contributed by atoms with Crippen LogP contribution in [-0.2, 0) is 0 Å². The zero-order chi connectivity index (χ0) is 20.0. The van der Waals surface area contributed by atoms with Gasteiger partial charge in [-0.3, -0.25) is 4.79 Å². The van der Waals surface area contributed by atoms with E-state index in [-0.39, 0.29) is 18.1 Å². The molecule has 2 unspecified atom stereocenters. The Balaban J connectivity index is 1.40. The van der Waals surface area contributed by atoms with Gasteiger partial charge in [-0.15, -0.1) is 11.3 Å². The highest BCUT2D eigenvalue weighted by Crippen LogP contribution is 2.31. The Hall–Kier alpha value is -3.00. The van der Waals surface area contributed by atoms with Crippen molar-refractivity contribution in [2.45, 2.75) is 25.6 Å². The third-order valence-corrected chi connectivity index (χ3v) is 6.34. The summed E-state index contributed by atoms with van der Waals surface area (Å²) in [5, 5.41) is 4.30. The first kappa shape index (κ1) is 18.1. The van der Waals surface area contributed by atoms with Gasteiger partial charge in [-0.2, -0.15) is 0 Å². The number of hydrazine groups is 1. The van der Waals surface area contributed by atoms with Crippen LogP contribution in [0.2, 0.25) is 0 Å². The molecule has 1 amide bonds. The molecule has 1 saturated heterocycles. The van der Waals surface area contributed by atoms with Crippen LogP contribution in [0.5, 0.6) is 0 Å². The summed E-state index contributed by atoms with van der Waals surface area (Å²) in [5.74, 6) is -0.209. The van der Waals surface area contributed by atoms with E-state index in [9.17, 15) is 9.59 Å². The molecule has 3 N–H and O–H groups in total.